The second-order valence-electron chi connectivity index (χ2n) is 3.85. The Morgan fingerprint density at radius 3 is 3.00 bits per heavy atom. The van der Waals surface area contributed by atoms with Gasteiger partial charge in [-0.15, -0.1) is 0 Å². The Labute approximate surface area is 90.6 Å². The third-order valence-corrected chi connectivity index (χ3v) is 2.71. The highest BCUT2D eigenvalue weighted by atomic mass is 15.0. The molecule has 1 aromatic rings. The van der Waals surface area contributed by atoms with Crippen LogP contribution in [0, 0.1) is 0 Å². The van der Waals surface area contributed by atoms with E-state index in [0.29, 0.717) is 6.04 Å². The van der Waals surface area contributed by atoms with E-state index < -0.39 is 0 Å². The van der Waals surface area contributed by atoms with Gasteiger partial charge in [0.25, 0.3) is 0 Å². The molecule has 3 heteroatoms. The topological polar surface area (TPSA) is 37.0 Å². The van der Waals surface area contributed by atoms with E-state index in [1.165, 1.54) is 12.8 Å². The summed E-state index contributed by atoms with van der Waals surface area (Å²) in [5.41, 5.74) is 1.11. The number of aromatic nitrogens is 1. The Morgan fingerprint density at radius 1 is 1.47 bits per heavy atom. The molecule has 3 nitrogen and oxygen atoms in total. The smallest absolute Gasteiger partial charge is 0.126 e. The van der Waals surface area contributed by atoms with Crippen molar-refractivity contribution >= 4 is 11.9 Å². The van der Waals surface area contributed by atoms with E-state index in [4.69, 9.17) is 0 Å². The van der Waals surface area contributed by atoms with Crippen molar-refractivity contribution in [2.75, 3.05) is 18.4 Å². The molecule has 15 heavy (non-hydrogen) atoms. The van der Waals surface area contributed by atoms with E-state index in [2.05, 4.69) is 22.2 Å². The fourth-order valence-corrected chi connectivity index (χ4v) is 1.83. The highest BCUT2D eigenvalue weighted by Crippen LogP contribution is 2.12. The minimum atomic E-state index is 0.554. The van der Waals surface area contributed by atoms with Gasteiger partial charge >= 0.3 is 0 Å². The summed E-state index contributed by atoms with van der Waals surface area (Å²) in [6, 6.07) is 4.55. The van der Waals surface area contributed by atoms with Gasteiger partial charge in [-0.25, -0.2) is 4.98 Å². The molecule has 80 valence electrons. The van der Waals surface area contributed by atoms with Crippen LogP contribution >= 0.6 is 0 Å². The number of piperidine rings is 1. The van der Waals surface area contributed by atoms with Gasteiger partial charge in [0.1, 0.15) is 5.82 Å². The molecular weight excluding hydrogens is 186 g/mol. The fourth-order valence-electron chi connectivity index (χ4n) is 1.83. The summed E-state index contributed by atoms with van der Waals surface area (Å²) in [5.74, 6) is 0.958. The van der Waals surface area contributed by atoms with Crippen LogP contribution in [-0.4, -0.2) is 24.1 Å². The van der Waals surface area contributed by atoms with Crippen LogP contribution in [-0.2, 0) is 0 Å². The first-order chi connectivity index (χ1) is 7.38. The van der Waals surface area contributed by atoms with E-state index in [-0.39, 0.29) is 0 Å². The van der Waals surface area contributed by atoms with E-state index in [0.717, 1.165) is 24.5 Å². The third-order valence-electron chi connectivity index (χ3n) is 2.71. The molecule has 0 spiro atoms. The van der Waals surface area contributed by atoms with E-state index in [1.807, 2.05) is 24.4 Å². The molecular formula is C12H17N3. The molecule has 1 aliphatic rings. The van der Waals surface area contributed by atoms with Crippen molar-refractivity contribution in [3.63, 3.8) is 0 Å². The lowest BCUT2D eigenvalue weighted by atomic mass is 10.1. The highest BCUT2D eigenvalue weighted by Gasteiger charge is 2.12. The summed E-state index contributed by atoms with van der Waals surface area (Å²) in [4.78, 5) is 4.30. The molecule has 2 rings (SSSR count). The Balaban J connectivity index is 1.99. The maximum Gasteiger partial charge on any atom is 0.126 e. The van der Waals surface area contributed by atoms with Crippen molar-refractivity contribution in [3.05, 3.63) is 30.5 Å². The first kappa shape index (κ1) is 10.2. The van der Waals surface area contributed by atoms with Gasteiger partial charge in [-0.05, 0) is 43.6 Å². The van der Waals surface area contributed by atoms with Crippen LogP contribution in [0.2, 0.25) is 0 Å². The van der Waals surface area contributed by atoms with Gasteiger partial charge in [0.2, 0.25) is 0 Å². The standard InChI is InChI=1S/C12H17N3/c1-2-10-3-8-14-12(9-10)15-11-4-6-13-7-5-11/h2-3,8-9,11,13H,1,4-7H2,(H,14,15). The van der Waals surface area contributed by atoms with Crippen LogP contribution in [0.3, 0.4) is 0 Å². The maximum atomic E-state index is 4.30. The van der Waals surface area contributed by atoms with Crippen molar-refractivity contribution in [3.8, 4) is 0 Å². The summed E-state index contributed by atoms with van der Waals surface area (Å²) in [7, 11) is 0. The first-order valence-corrected chi connectivity index (χ1v) is 5.44. The third kappa shape index (κ3) is 2.80. The van der Waals surface area contributed by atoms with Crippen molar-refractivity contribution < 1.29 is 0 Å². The largest absolute Gasteiger partial charge is 0.367 e. The highest BCUT2D eigenvalue weighted by molar-refractivity contribution is 5.52. The second kappa shape index (κ2) is 4.94. The number of hydrogen-bond donors (Lipinski definition) is 2. The van der Waals surface area contributed by atoms with E-state index in [1.54, 1.807) is 0 Å². The van der Waals surface area contributed by atoms with E-state index >= 15 is 0 Å². The minimum absolute atomic E-state index is 0.554. The van der Waals surface area contributed by atoms with Crippen LogP contribution in [0.4, 0.5) is 5.82 Å². The number of anilines is 1. The van der Waals surface area contributed by atoms with Gasteiger partial charge in [-0.2, -0.15) is 0 Å². The van der Waals surface area contributed by atoms with Crippen LogP contribution in [0.15, 0.2) is 24.9 Å². The Morgan fingerprint density at radius 2 is 2.27 bits per heavy atom. The number of nitrogens with zero attached hydrogens (tertiary/aromatic N) is 1. The monoisotopic (exact) mass is 203 g/mol. The molecule has 0 bridgehead atoms. The zero-order chi connectivity index (χ0) is 10.5. The van der Waals surface area contributed by atoms with Crippen LogP contribution in [0.5, 0.6) is 0 Å². The molecule has 1 aromatic heterocycles. The lowest BCUT2D eigenvalue weighted by Gasteiger charge is -2.24. The van der Waals surface area contributed by atoms with Crippen molar-refractivity contribution in [2.24, 2.45) is 0 Å². The molecule has 1 aliphatic heterocycles. The zero-order valence-electron chi connectivity index (χ0n) is 8.87. The predicted molar refractivity (Wildman–Crippen MR) is 63.8 cm³/mol. The van der Waals surface area contributed by atoms with Gasteiger partial charge in [-0.3, -0.25) is 0 Å². The molecule has 0 aliphatic carbocycles. The summed E-state index contributed by atoms with van der Waals surface area (Å²) in [6.45, 7) is 5.95. The number of hydrogen-bond acceptors (Lipinski definition) is 3. The maximum absolute atomic E-state index is 4.30. The van der Waals surface area contributed by atoms with Crippen LogP contribution in [0.25, 0.3) is 6.08 Å². The number of pyridine rings is 1. The van der Waals surface area contributed by atoms with Gasteiger partial charge in [-0.1, -0.05) is 12.7 Å². The van der Waals surface area contributed by atoms with Gasteiger partial charge in [0.05, 0.1) is 0 Å². The normalized spacial score (nSPS) is 17.3. The summed E-state index contributed by atoms with van der Waals surface area (Å²) in [5, 5.41) is 6.80. The number of rotatable bonds is 3. The minimum Gasteiger partial charge on any atom is -0.367 e. The first-order valence-electron chi connectivity index (χ1n) is 5.44. The molecule has 0 saturated carbocycles. The van der Waals surface area contributed by atoms with Crippen LogP contribution in [0.1, 0.15) is 18.4 Å². The second-order valence-corrected chi connectivity index (χ2v) is 3.85. The Hall–Kier alpha value is -1.35. The summed E-state index contributed by atoms with van der Waals surface area (Å²) in [6.07, 6.45) is 6.00. The van der Waals surface area contributed by atoms with Gasteiger partial charge in [0.15, 0.2) is 0 Å². The van der Waals surface area contributed by atoms with Crippen LogP contribution < -0.4 is 10.6 Å². The lowest BCUT2D eigenvalue weighted by molar-refractivity contribution is 0.478. The Bertz CT molecular complexity index is 329. The molecule has 0 aromatic carbocycles. The SMILES string of the molecule is C=Cc1ccnc(NC2CCNCC2)c1. The average molecular weight is 203 g/mol. The van der Waals surface area contributed by atoms with Gasteiger partial charge in [0, 0.05) is 12.2 Å². The van der Waals surface area contributed by atoms with Crippen molar-refractivity contribution in [2.45, 2.75) is 18.9 Å². The summed E-state index contributed by atoms with van der Waals surface area (Å²) >= 11 is 0. The molecule has 0 unspecified atom stereocenters. The zero-order valence-corrected chi connectivity index (χ0v) is 8.87. The molecule has 0 radical (unpaired) electrons. The molecule has 2 heterocycles. The lowest BCUT2D eigenvalue weighted by Crippen LogP contribution is -2.35. The molecule has 1 fully saturated rings. The molecule has 0 amide bonds. The van der Waals surface area contributed by atoms with Gasteiger partial charge < -0.3 is 10.6 Å². The molecule has 1 saturated heterocycles. The van der Waals surface area contributed by atoms with Crippen molar-refractivity contribution in [1.29, 1.82) is 0 Å². The number of nitrogens with one attached hydrogen (secondary N) is 2. The predicted octanol–water partition coefficient (Wildman–Crippen LogP) is 1.89. The summed E-state index contributed by atoms with van der Waals surface area (Å²) < 4.78 is 0. The average Bonchev–Trinajstić information content (AvgIpc) is 2.31. The van der Waals surface area contributed by atoms with E-state index in [9.17, 15) is 0 Å². The fraction of sp³-hybridized carbons (Fsp3) is 0.417. The molecule has 2 N–H and O–H groups in total. The van der Waals surface area contributed by atoms with Crippen molar-refractivity contribution in [1.82, 2.24) is 10.3 Å². The Kier molecular flexibility index (Phi) is 3.35. The molecule has 0 atom stereocenters. The quantitative estimate of drug-likeness (QED) is 0.787.